The summed E-state index contributed by atoms with van der Waals surface area (Å²) in [7, 11) is 0. The summed E-state index contributed by atoms with van der Waals surface area (Å²) >= 11 is 3.29. The second-order valence-electron chi connectivity index (χ2n) is 7.67. The largest absolute Gasteiger partial charge is 0.395 e. The molecule has 1 amide bonds. The van der Waals surface area contributed by atoms with Gasteiger partial charge in [0.05, 0.1) is 24.5 Å². The van der Waals surface area contributed by atoms with Crippen molar-refractivity contribution in [1.29, 1.82) is 0 Å². The summed E-state index contributed by atoms with van der Waals surface area (Å²) in [6.45, 7) is 1.57. The highest BCUT2D eigenvalue weighted by molar-refractivity contribution is 9.10. The van der Waals surface area contributed by atoms with Crippen molar-refractivity contribution in [2.24, 2.45) is 0 Å². The first-order chi connectivity index (χ1) is 14.8. The van der Waals surface area contributed by atoms with Gasteiger partial charge in [0.15, 0.2) is 0 Å². The molecule has 1 aliphatic rings. The quantitative estimate of drug-likeness (QED) is 0.557. The fourth-order valence-electron chi connectivity index (χ4n) is 3.54. The third kappa shape index (κ3) is 4.15. The number of hydrogen-bond acceptors (Lipinski definition) is 5. The van der Waals surface area contributed by atoms with Crippen LogP contribution in [0, 0.1) is 5.82 Å². The summed E-state index contributed by atoms with van der Waals surface area (Å²) in [5.74, 6) is -0.961. The van der Waals surface area contributed by atoms with E-state index in [1.807, 2.05) is 0 Å². The van der Waals surface area contributed by atoms with Gasteiger partial charge in [-0.05, 0) is 53.4 Å². The van der Waals surface area contributed by atoms with E-state index in [4.69, 9.17) is 0 Å². The highest BCUT2D eigenvalue weighted by Gasteiger charge is 2.46. The Labute approximate surface area is 186 Å². The molecule has 31 heavy (non-hydrogen) atoms. The summed E-state index contributed by atoms with van der Waals surface area (Å²) in [5.41, 5.74) is 0.287. The molecule has 0 bridgehead atoms. The number of hydrogen-bond donors (Lipinski definition) is 2. The molecule has 4 rings (SSSR count). The first-order valence-electron chi connectivity index (χ1n) is 9.76. The second kappa shape index (κ2) is 8.32. The molecule has 1 aromatic carbocycles. The zero-order valence-electron chi connectivity index (χ0n) is 16.7. The van der Waals surface area contributed by atoms with Crippen LogP contribution in [-0.2, 0) is 5.41 Å². The Hall–Kier alpha value is -2.91. The van der Waals surface area contributed by atoms with E-state index in [1.54, 1.807) is 37.4 Å². The summed E-state index contributed by atoms with van der Waals surface area (Å²) in [4.78, 5) is 29.0. The van der Waals surface area contributed by atoms with Crippen LogP contribution in [0.5, 0.6) is 0 Å². The Balaban J connectivity index is 1.59. The molecular formula is C22H20BrFN4O3. The summed E-state index contributed by atoms with van der Waals surface area (Å²) < 4.78 is 16.9. The summed E-state index contributed by atoms with van der Waals surface area (Å²) in [6, 6.07) is 8.60. The lowest BCUT2D eigenvalue weighted by molar-refractivity contribution is 0.0932. The fourth-order valence-corrected chi connectivity index (χ4v) is 3.89. The van der Waals surface area contributed by atoms with Gasteiger partial charge in [0.2, 0.25) is 0 Å². The second-order valence-corrected chi connectivity index (χ2v) is 8.59. The number of nitrogens with zero attached hydrogens (tertiary/aromatic N) is 3. The summed E-state index contributed by atoms with van der Waals surface area (Å²) in [5, 5.41) is 16.5. The predicted molar refractivity (Wildman–Crippen MR) is 116 cm³/mol. The van der Waals surface area contributed by atoms with E-state index in [2.05, 4.69) is 31.3 Å². The van der Waals surface area contributed by atoms with Gasteiger partial charge in [-0.25, -0.2) is 4.39 Å². The average Bonchev–Trinajstić information content (AvgIpc) is 3.55. The van der Waals surface area contributed by atoms with Gasteiger partial charge < -0.3 is 10.4 Å². The van der Waals surface area contributed by atoms with Gasteiger partial charge in [0, 0.05) is 27.7 Å². The van der Waals surface area contributed by atoms with Crippen LogP contribution in [0.4, 0.5) is 4.39 Å². The molecule has 2 heterocycles. The highest BCUT2D eigenvalue weighted by atomic mass is 79.9. The van der Waals surface area contributed by atoms with Crippen molar-refractivity contribution in [3.63, 3.8) is 0 Å². The average molecular weight is 487 g/mol. The van der Waals surface area contributed by atoms with Crippen molar-refractivity contribution in [2.45, 2.75) is 31.2 Å². The molecule has 0 unspecified atom stereocenters. The monoisotopic (exact) mass is 486 g/mol. The van der Waals surface area contributed by atoms with Crippen LogP contribution in [0.3, 0.4) is 0 Å². The zero-order chi connectivity index (χ0) is 22.2. The van der Waals surface area contributed by atoms with Crippen molar-refractivity contribution in [2.75, 3.05) is 6.61 Å². The molecule has 2 aromatic heterocycles. The van der Waals surface area contributed by atoms with Crippen molar-refractivity contribution in [3.8, 4) is 5.69 Å². The smallest absolute Gasteiger partial charge is 0.272 e. The molecule has 0 radical (unpaired) electrons. The first kappa shape index (κ1) is 21.3. The van der Waals surface area contributed by atoms with Crippen LogP contribution in [0.15, 0.2) is 58.1 Å². The molecule has 0 saturated heterocycles. The number of halogens is 2. The minimum atomic E-state index is -0.642. The lowest BCUT2D eigenvalue weighted by Crippen LogP contribution is -2.31. The fraction of sp³-hybridized carbons (Fsp3) is 0.273. The van der Waals surface area contributed by atoms with Crippen LogP contribution in [0.2, 0.25) is 0 Å². The lowest BCUT2D eigenvalue weighted by atomic mass is 9.92. The van der Waals surface area contributed by atoms with Gasteiger partial charge in [-0.2, -0.15) is 9.78 Å². The molecule has 1 atom stereocenters. The van der Waals surface area contributed by atoms with Gasteiger partial charge in [-0.1, -0.05) is 18.2 Å². The molecular weight excluding hydrogens is 467 g/mol. The van der Waals surface area contributed by atoms with Crippen LogP contribution in [0.25, 0.3) is 5.69 Å². The molecule has 160 valence electrons. The van der Waals surface area contributed by atoms with Crippen molar-refractivity contribution >= 4 is 21.8 Å². The van der Waals surface area contributed by atoms with Crippen LogP contribution < -0.4 is 10.9 Å². The number of amides is 1. The number of nitrogens with one attached hydrogen (secondary N) is 1. The van der Waals surface area contributed by atoms with Gasteiger partial charge >= 0.3 is 0 Å². The van der Waals surface area contributed by atoms with E-state index in [0.717, 1.165) is 17.5 Å². The molecule has 2 N–H and O–H groups in total. The Morgan fingerprint density at radius 1 is 1.32 bits per heavy atom. The summed E-state index contributed by atoms with van der Waals surface area (Å²) in [6.07, 6.45) is 4.50. The maximum absolute atomic E-state index is 15.1. The van der Waals surface area contributed by atoms with Crippen LogP contribution in [-0.4, -0.2) is 32.4 Å². The predicted octanol–water partition coefficient (Wildman–Crippen LogP) is 3.04. The van der Waals surface area contributed by atoms with E-state index in [1.165, 1.54) is 18.3 Å². The molecule has 1 aliphatic carbocycles. The van der Waals surface area contributed by atoms with Gasteiger partial charge in [-0.3, -0.25) is 14.6 Å². The highest BCUT2D eigenvalue weighted by Crippen LogP contribution is 2.49. The van der Waals surface area contributed by atoms with Crippen molar-refractivity contribution < 1.29 is 14.3 Å². The Morgan fingerprint density at radius 2 is 2.10 bits per heavy atom. The standard InChI is InChI=1S/C22H20BrFN4O3/c1-13(16-3-2-4-17(20(16)24)22(12-29)7-8-22)26-21(31)18-5-6-19(30)28(27-18)15-9-14(23)10-25-11-15/h2-6,9-11,13,29H,7-8,12H2,1H3,(H,26,31)/t13-/m1/s1. The van der Waals surface area contributed by atoms with Crippen molar-refractivity contribution in [1.82, 2.24) is 20.1 Å². The van der Waals surface area contributed by atoms with Crippen LogP contribution in [0.1, 0.15) is 47.4 Å². The van der Waals surface area contributed by atoms with Gasteiger partial charge in [0.1, 0.15) is 11.5 Å². The minimum Gasteiger partial charge on any atom is -0.395 e. The molecule has 3 aromatic rings. The zero-order valence-corrected chi connectivity index (χ0v) is 18.3. The number of carbonyl (C=O) groups is 1. The minimum absolute atomic E-state index is 0.0111. The van der Waals surface area contributed by atoms with E-state index in [9.17, 15) is 14.7 Å². The number of carbonyl (C=O) groups excluding carboxylic acids is 1. The molecule has 0 spiro atoms. The maximum atomic E-state index is 15.1. The number of rotatable bonds is 6. The molecule has 1 fully saturated rings. The lowest BCUT2D eigenvalue weighted by Gasteiger charge is -2.20. The Bertz CT molecular complexity index is 1210. The Kier molecular flexibility index (Phi) is 5.72. The van der Waals surface area contributed by atoms with Crippen LogP contribution >= 0.6 is 15.9 Å². The van der Waals surface area contributed by atoms with E-state index in [0.29, 0.717) is 21.3 Å². The number of benzene rings is 1. The van der Waals surface area contributed by atoms with E-state index in [-0.39, 0.29) is 12.3 Å². The molecule has 7 nitrogen and oxygen atoms in total. The number of aliphatic hydroxyl groups is 1. The molecule has 1 saturated carbocycles. The SMILES string of the molecule is C[C@@H](NC(=O)c1ccc(=O)n(-c2cncc(Br)c2)n1)c1cccc(C2(CO)CC2)c1F. The van der Waals surface area contributed by atoms with Crippen molar-refractivity contribution in [3.05, 3.63) is 86.3 Å². The third-order valence-corrected chi connectivity index (χ3v) is 5.97. The van der Waals surface area contributed by atoms with E-state index < -0.39 is 28.7 Å². The number of aliphatic hydroxyl groups excluding tert-OH is 1. The van der Waals surface area contributed by atoms with Gasteiger partial charge in [0.25, 0.3) is 11.5 Å². The number of pyridine rings is 1. The Morgan fingerprint density at radius 3 is 2.77 bits per heavy atom. The molecule has 9 heteroatoms. The van der Waals surface area contributed by atoms with E-state index >= 15 is 4.39 Å². The van der Waals surface area contributed by atoms with Gasteiger partial charge in [-0.15, -0.1) is 0 Å². The topological polar surface area (TPSA) is 97.1 Å². The normalized spacial score (nSPS) is 15.4. The maximum Gasteiger partial charge on any atom is 0.272 e. The first-order valence-corrected chi connectivity index (χ1v) is 10.6. The number of aromatic nitrogens is 3. The third-order valence-electron chi connectivity index (χ3n) is 5.54. The molecule has 0 aliphatic heterocycles.